The van der Waals surface area contributed by atoms with Crippen molar-refractivity contribution >= 4 is 51.6 Å². The van der Waals surface area contributed by atoms with Crippen LogP contribution >= 0.6 is 11.6 Å². The van der Waals surface area contributed by atoms with Crippen molar-refractivity contribution in [2.75, 3.05) is 50.7 Å². The number of carbonyl (C=O) groups is 2. The van der Waals surface area contributed by atoms with Crippen molar-refractivity contribution in [1.82, 2.24) is 14.9 Å². The molecule has 12 heteroatoms. The van der Waals surface area contributed by atoms with Crippen LogP contribution in [0.3, 0.4) is 0 Å². The van der Waals surface area contributed by atoms with Crippen LogP contribution in [0.5, 0.6) is 5.75 Å². The number of nitrogens with zero attached hydrogens (tertiary/aromatic N) is 3. The summed E-state index contributed by atoms with van der Waals surface area (Å²) in [6.45, 7) is 2.26. The summed E-state index contributed by atoms with van der Waals surface area (Å²) in [6, 6.07) is 7.38. The van der Waals surface area contributed by atoms with E-state index in [0.29, 0.717) is 79.1 Å². The van der Waals surface area contributed by atoms with E-state index in [0.717, 1.165) is 12.8 Å². The Labute approximate surface area is 241 Å². The van der Waals surface area contributed by atoms with Crippen molar-refractivity contribution in [2.24, 2.45) is 5.92 Å². The second-order valence-corrected chi connectivity index (χ2v) is 10.4. The molecule has 0 spiro atoms. The van der Waals surface area contributed by atoms with Crippen LogP contribution in [0.2, 0.25) is 5.02 Å². The molecule has 0 bridgehead atoms. The van der Waals surface area contributed by atoms with E-state index in [1.165, 1.54) is 24.5 Å². The first kappa shape index (κ1) is 28.7. The molecule has 1 unspecified atom stereocenters. The zero-order valence-electron chi connectivity index (χ0n) is 22.6. The number of amides is 1. The second kappa shape index (κ2) is 13.2. The summed E-state index contributed by atoms with van der Waals surface area (Å²) in [5, 5.41) is 6.66. The van der Waals surface area contributed by atoms with Gasteiger partial charge in [-0.25, -0.2) is 14.4 Å². The molecule has 10 nitrogen and oxygen atoms in total. The van der Waals surface area contributed by atoms with Crippen molar-refractivity contribution in [3.8, 4) is 5.75 Å². The molecular weight excluding hydrogens is 553 g/mol. The Bertz CT molecular complexity index is 1450. The van der Waals surface area contributed by atoms with Crippen LogP contribution in [0.15, 0.2) is 48.8 Å². The average molecular weight is 584 g/mol. The molecule has 1 amide bonds. The number of methoxy groups -OCH3 is 1. The predicted octanol–water partition coefficient (Wildman–Crippen LogP) is 4.71. The largest absolute Gasteiger partial charge is 0.491 e. The van der Waals surface area contributed by atoms with Gasteiger partial charge in [0.2, 0.25) is 5.91 Å². The highest BCUT2D eigenvalue weighted by molar-refractivity contribution is 6.31. The standard InChI is InChI=1S/C29H31ClFN5O5/c1-39-11-8-25-29(38)40-12-10-36(25)9-2-3-27(37)35-24-14-20-23(15-26(24)41-16-18-4-5-18)32-17-33-28(20)34-19-6-7-22(31)21(30)13-19/h2-3,6-7,13-15,17-18,25H,4-5,8-12,16H2,1H3,(H,35,37)(H,32,33,34)/b3-2+. The number of aromatic nitrogens is 2. The molecule has 2 aliphatic rings. The maximum absolute atomic E-state index is 13.6. The van der Waals surface area contributed by atoms with Crippen LogP contribution in [0, 0.1) is 11.7 Å². The summed E-state index contributed by atoms with van der Waals surface area (Å²) in [4.78, 5) is 35.9. The number of morpholine rings is 1. The second-order valence-electron chi connectivity index (χ2n) is 9.95. The summed E-state index contributed by atoms with van der Waals surface area (Å²) in [7, 11) is 1.59. The van der Waals surface area contributed by atoms with Gasteiger partial charge in [0.15, 0.2) is 0 Å². The molecule has 0 radical (unpaired) electrons. The number of benzene rings is 2. The van der Waals surface area contributed by atoms with Gasteiger partial charge in [-0.05, 0) is 49.4 Å². The Balaban J connectivity index is 1.34. The SMILES string of the molecule is COCCC1C(=O)OCCN1C/C=C/C(=O)Nc1cc2c(Nc3ccc(F)c(Cl)c3)ncnc2cc1OCC1CC1. The lowest BCUT2D eigenvalue weighted by Crippen LogP contribution is -2.49. The van der Waals surface area contributed by atoms with E-state index in [4.69, 9.17) is 25.8 Å². The zero-order chi connectivity index (χ0) is 28.8. The number of cyclic esters (lactones) is 1. The number of ether oxygens (including phenoxy) is 3. The number of esters is 1. The number of anilines is 3. The normalized spacial score (nSPS) is 17.5. The van der Waals surface area contributed by atoms with E-state index >= 15 is 0 Å². The molecule has 2 N–H and O–H groups in total. The van der Waals surface area contributed by atoms with Crippen LogP contribution in [0.4, 0.5) is 21.6 Å². The molecule has 41 heavy (non-hydrogen) atoms. The number of fused-ring (bicyclic) bond motifs is 1. The van der Waals surface area contributed by atoms with Gasteiger partial charge >= 0.3 is 5.97 Å². The number of carbonyl (C=O) groups excluding carboxylic acids is 2. The first-order valence-corrected chi connectivity index (χ1v) is 13.8. The molecule has 1 aromatic heterocycles. The number of nitrogens with one attached hydrogen (secondary N) is 2. The summed E-state index contributed by atoms with van der Waals surface area (Å²) in [5.41, 5.74) is 1.61. The lowest BCUT2D eigenvalue weighted by atomic mass is 10.1. The highest BCUT2D eigenvalue weighted by Crippen LogP contribution is 2.36. The van der Waals surface area contributed by atoms with Crippen LogP contribution < -0.4 is 15.4 Å². The van der Waals surface area contributed by atoms with E-state index in [2.05, 4.69) is 20.6 Å². The van der Waals surface area contributed by atoms with Gasteiger partial charge in [-0.1, -0.05) is 17.7 Å². The summed E-state index contributed by atoms with van der Waals surface area (Å²) in [6.07, 6.45) is 7.31. The van der Waals surface area contributed by atoms with Gasteiger partial charge in [0, 0.05) is 50.0 Å². The molecule has 2 fully saturated rings. The minimum Gasteiger partial charge on any atom is -0.491 e. The Morgan fingerprint density at radius 2 is 2.12 bits per heavy atom. The quantitative estimate of drug-likeness (QED) is 0.231. The average Bonchev–Trinajstić information content (AvgIpc) is 3.78. The maximum atomic E-state index is 13.6. The van der Waals surface area contributed by atoms with Crippen molar-refractivity contribution < 1.29 is 28.2 Å². The molecule has 2 heterocycles. The Kier molecular flexibility index (Phi) is 9.28. The van der Waals surface area contributed by atoms with E-state index in [-0.39, 0.29) is 16.9 Å². The van der Waals surface area contributed by atoms with E-state index in [1.54, 1.807) is 31.4 Å². The van der Waals surface area contributed by atoms with Gasteiger partial charge < -0.3 is 24.8 Å². The molecule has 1 saturated heterocycles. The van der Waals surface area contributed by atoms with Gasteiger partial charge in [-0.15, -0.1) is 0 Å². The predicted molar refractivity (Wildman–Crippen MR) is 153 cm³/mol. The van der Waals surface area contributed by atoms with Gasteiger partial charge in [-0.2, -0.15) is 0 Å². The first-order valence-electron chi connectivity index (χ1n) is 13.4. The van der Waals surface area contributed by atoms with Crippen LogP contribution in [0.1, 0.15) is 19.3 Å². The third kappa shape index (κ3) is 7.49. The fraction of sp³-hybridized carbons (Fsp3) is 0.379. The molecule has 1 aliphatic carbocycles. The van der Waals surface area contributed by atoms with Crippen LogP contribution in [-0.4, -0.2) is 72.8 Å². The summed E-state index contributed by atoms with van der Waals surface area (Å²) < 4.78 is 30.0. The third-order valence-electron chi connectivity index (χ3n) is 6.89. The smallest absolute Gasteiger partial charge is 0.323 e. The number of hydrogen-bond acceptors (Lipinski definition) is 9. The van der Waals surface area contributed by atoms with E-state index < -0.39 is 11.9 Å². The minimum atomic E-state index is -0.522. The van der Waals surface area contributed by atoms with E-state index in [1.807, 2.05) is 4.90 Å². The van der Waals surface area contributed by atoms with Crippen molar-refractivity contribution in [2.45, 2.75) is 25.3 Å². The zero-order valence-corrected chi connectivity index (χ0v) is 23.3. The fourth-order valence-electron chi connectivity index (χ4n) is 4.49. The molecule has 1 saturated carbocycles. The molecule has 1 atom stereocenters. The molecule has 216 valence electrons. The Hall–Kier alpha value is -3.80. The molecule has 1 aliphatic heterocycles. The number of hydrogen-bond donors (Lipinski definition) is 2. The molecule has 3 aromatic rings. The first-order chi connectivity index (χ1) is 19.9. The number of halogens is 2. The summed E-state index contributed by atoms with van der Waals surface area (Å²) >= 11 is 5.95. The van der Waals surface area contributed by atoms with Gasteiger partial charge in [-0.3, -0.25) is 14.5 Å². The van der Waals surface area contributed by atoms with Gasteiger partial charge in [0.05, 0.1) is 22.8 Å². The third-order valence-corrected chi connectivity index (χ3v) is 7.18. The maximum Gasteiger partial charge on any atom is 0.323 e. The minimum absolute atomic E-state index is 0.0182. The van der Waals surface area contributed by atoms with Crippen molar-refractivity contribution in [3.05, 3.63) is 59.7 Å². The molecular formula is C29H31ClFN5O5. The topological polar surface area (TPSA) is 115 Å². The van der Waals surface area contributed by atoms with E-state index in [9.17, 15) is 14.0 Å². The van der Waals surface area contributed by atoms with Crippen LogP contribution in [-0.2, 0) is 19.1 Å². The highest BCUT2D eigenvalue weighted by atomic mass is 35.5. The monoisotopic (exact) mass is 583 g/mol. The highest BCUT2D eigenvalue weighted by Gasteiger charge is 2.30. The molecule has 5 rings (SSSR count). The Morgan fingerprint density at radius 1 is 1.27 bits per heavy atom. The number of rotatable bonds is 12. The lowest BCUT2D eigenvalue weighted by Gasteiger charge is -2.33. The van der Waals surface area contributed by atoms with Gasteiger partial charge in [0.1, 0.15) is 36.4 Å². The fourth-order valence-corrected chi connectivity index (χ4v) is 4.67. The van der Waals surface area contributed by atoms with Crippen LogP contribution in [0.25, 0.3) is 10.9 Å². The lowest BCUT2D eigenvalue weighted by molar-refractivity contribution is -0.157. The Morgan fingerprint density at radius 3 is 2.90 bits per heavy atom. The van der Waals surface area contributed by atoms with Crippen molar-refractivity contribution in [1.29, 1.82) is 0 Å². The van der Waals surface area contributed by atoms with Gasteiger partial charge in [0.25, 0.3) is 0 Å². The molecule has 2 aromatic carbocycles. The summed E-state index contributed by atoms with van der Waals surface area (Å²) in [5.74, 6) is 0.295. The van der Waals surface area contributed by atoms with Crippen molar-refractivity contribution in [3.63, 3.8) is 0 Å².